The van der Waals surface area contributed by atoms with E-state index in [0.29, 0.717) is 12.2 Å². The van der Waals surface area contributed by atoms with Gasteiger partial charge < -0.3 is 15.0 Å². The third-order valence-electron chi connectivity index (χ3n) is 6.07. The van der Waals surface area contributed by atoms with Gasteiger partial charge in [0.15, 0.2) is 0 Å². The molecule has 172 valence electrons. The average molecular weight is 448 g/mol. The molecule has 3 aromatic rings. The zero-order valence-electron chi connectivity index (χ0n) is 19.2. The average Bonchev–Trinajstić information content (AvgIpc) is 3.41. The summed E-state index contributed by atoms with van der Waals surface area (Å²) >= 11 is 0. The van der Waals surface area contributed by atoms with Crippen LogP contribution in [0.4, 0.5) is 5.69 Å². The highest BCUT2D eigenvalue weighted by Crippen LogP contribution is 2.39. The Labute approximate surface area is 193 Å². The number of methoxy groups -OCH3 is 1. The fraction of sp³-hybridized carbons (Fsp3) is 0.360. The van der Waals surface area contributed by atoms with Crippen molar-refractivity contribution in [3.63, 3.8) is 0 Å². The maximum absolute atomic E-state index is 13.3. The number of carbonyl (C=O) groups is 2. The molecule has 2 unspecified atom stereocenters. The van der Waals surface area contributed by atoms with E-state index in [2.05, 4.69) is 22.2 Å². The molecule has 2 aromatic heterocycles. The van der Waals surface area contributed by atoms with Gasteiger partial charge in [0.2, 0.25) is 11.8 Å². The molecule has 1 aliphatic heterocycles. The van der Waals surface area contributed by atoms with Crippen molar-refractivity contribution >= 4 is 17.5 Å². The second kappa shape index (κ2) is 9.85. The van der Waals surface area contributed by atoms with Gasteiger partial charge in [0, 0.05) is 25.4 Å². The normalized spacial score (nSPS) is 17.9. The monoisotopic (exact) mass is 447 g/mol. The fourth-order valence-corrected chi connectivity index (χ4v) is 4.29. The van der Waals surface area contributed by atoms with E-state index in [1.165, 1.54) is 0 Å². The molecule has 8 heteroatoms. The van der Waals surface area contributed by atoms with Crippen molar-refractivity contribution in [2.45, 2.75) is 39.2 Å². The Morgan fingerprint density at radius 1 is 1.18 bits per heavy atom. The van der Waals surface area contributed by atoms with Gasteiger partial charge in [0.25, 0.3) is 0 Å². The number of rotatable bonds is 8. The molecule has 1 aromatic carbocycles. The SMILES string of the molecule is CCCCN1C(=O)CC(C(=O)Nc2ccc(-n3ccnc3C)nc2)C1c1ccc(OC)cc1. The Hall–Kier alpha value is -3.68. The van der Waals surface area contributed by atoms with E-state index in [4.69, 9.17) is 4.74 Å². The number of aryl methyl sites for hydroxylation is 1. The van der Waals surface area contributed by atoms with Gasteiger partial charge in [0.05, 0.1) is 31.0 Å². The summed E-state index contributed by atoms with van der Waals surface area (Å²) < 4.78 is 7.14. The van der Waals surface area contributed by atoms with E-state index in [9.17, 15) is 9.59 Å². The van der Waals surface area contributed by atoms with Crippen molar-refractivity contribution < 1.29 is 14.3 Å². The third-order valence-corrected chi connectivity index (χ3v) is 6.07. The molecule has 1 aliphatic rings. The Balaban J connectivity index is 1.55. The van der Waals surface area contributed by atoms with Gasteiger partial charge in [-0.3, -0.25) is 14.2 Å². The van der Waals surface area contributed by atoms with E-state index >= 15 is 0 Å². The summed E-state index contributed by atoms with van der Waals surface area (Å²) in [5.74, 6) is 1.63. The first kappa shape index (κ1) is 22.5. The van der Waals surface area contributed by atoms with E-state index in [1.807, 2.05) is 59.0 Å². The number of aromatic nitrogens is 3. The standard InChI is InChI=1S/C25H29N5O3/c1-4-5-13-30-23(31)15-21(24(30)18-6-9-20(33-3)10-7-18)25(32)28-19-8-11-22(27-16-19)29-14-12-26-17(29)2/h6-12,14,16,21,24H,4-5,13,15H2,1-3H3,(H,28,32). The van der Waals surface area contributed by atoms with Crippen LogP contribution >= 0.6 is 0 Å². The molecule has 2 amide bonds. The van der Waals surface area contributed by atoms with E-state index < -0.39 is 5.92 Å². The number of nitrogens with zero attached hydrogens (tertiary/aromatic N) is 4. The van der Waals surface area contributed by atoms with Crippen LogP contribution in [0.3, 0.4) is 0 Å². The van der Waals surface area contributed by atoms with Crippen LogP contribution in [0.25, 0.3) is 5.82 Å². The maximum atomic E-state index is 13.3. The van der Waals surface area contributed by atoms with Crippen molar-refractivity contribution in [1.29, 1.82) is 0 Å². The van der Waals surface area contributed by atoms with Gasteiger partial charge in [-0.25, -0.2) is 9.97 Å². The molecule has 0 radical (unpaired) electrons. The van der Waals surface area contributed by atoms with Gasteiger partial charge in [-0.15, -0.1) is 0 Å². The highest BCUT2D eigenvalue weighted by Gasteiger charge is 2.44. The van der Waals surface area contributed by atoms with Crippen LogP contribution in [-0.2, 0) is 9.59 Å². The first-order chi connectivity index (χ1) is 16.0. The molecule has 0 saturated carbocycles. The predicted octanol–water partition coefficient (Wildman–Crippen LogP) is 3.91. The number of benzene rings is 1. The molecule has 8 nitrogen and oxygen atoms in total. The van der Waals surface area contributed by atoms with Crippen molar-refractivity contribution in [3.8, 4) is 11.6 Å². The highest BCUT2D eigenvalue weighted by atomic mass is 16.5. The van der Waals surface area contributed by atoms with Crippen LogP contribution in [0.5, 0.6) is 5.75 Å². The number of imidazole rings is 1. The largest absolute Gasteiger partial charge is 0.497 e. The van der Waals surface area contributed by atoms with Gasteiger partial charge >= 0.3 is 0 Å². The van der Waals surface area contributed by atoms with Gasteiger partial charge in [-0.1, -0.05) is 25.5 Å². The fourth-order valence-electron chi connectivity index (χ4n) is 4.29. The van der Waals surface area contributed by atoms with Crippen LogP contribution in [-0.4, -0.2) is 44.9 Å². The van der Waals surface area contributed by atoms with Crippen molar-refractivity contribution in [2.75, 3.05) is 19.0 Å². The Morgan fingerprint density at radius 2 is 1.97 bits per heavy atom. The van der Waals surface area contributed by atoms with Crippen LogP contribution in [0.15, 0.2) is 55.0 Å². The molecular formula is C25H29N5O3. The van der Waals surface area contributed by atoms with Crippen LogP contribution in [0.1, 0.15) is 43.6 Å². The molecule has 1 N–H and O–H groups in total. The van der Waals surface area contributed by atoms with Crippen molar-refractivity contribution in [1.82, 2.24) is 19.4 Å². The molecule has 1 fully saturated rings. The topological polar surface area (TPSA) is 89.4 Å². The van der Waals surface area contributed by atoms with E-state index in [-0.39, 0.29) is 24.3 Å². The lowest BCUT2D eigenvalue weighted by Crippen LogP contribution is -2.33. The molecule has 2 atom stereocenters. The zero-order chi connectivity index (χ0) is 23.4. The van der Waals surface area contributed by atoms with Crippen LogP contribution in [0.2, 0.25) is 0 Å². The number of likely N-dealkylation sites (tertiary alicyclic amines) is 1. The predicted molar refractivity (Wildman–Crippen MR) is 125 cm³/mol. The second-order valence-electron chi connectivity index (χ2n) is 8.21. The lowest BCUT2D eigenvalue weighted by Gasteiger charge is -2.28. The summed E-state index contributed by atoms with van der Waals surface area (Å²) in [5, 5.41) is 2.96. The molecule has 1 saturated heterocycles. The molecule has 3 heterocycles. The number of carbonyl (C=O) groups excluding carboxylic acids is 2. The van der Waals surface area contributed by atoms with Crippen molar-refractivity contribution in [3.05, 3.63) is 66.4 Å². The number of hydrogen-bond acceptors (Lipinski definition) is 5. The Kier molecular flexibility index (Phi) is 6.72. The lowest BCUT2D eigenvalue weighted by atomic mass is 9.92. The molecule has 4 rings (SSSR count). The maximum Gasteiger partial charge on any atom is 0.230 e. The summed E-state index contributed by atoms with van der Waals surface area (Å²) in [4.78, 5) is 36.7. The minimum absolute atomic E-state index is 0.00785. The quantitative estimate of drug-likeness (QED) is 0.565. The number of unbranched alkanes of at least 4 members (excludes halogenated alkanes) is 1. The summed E-state index contributed by atoms with van der Waals surface area (Å²) in [6.45, 7) is 4.63. The van der Waals surface area contributed by atoms with Crippen molar-refractivity contribution in [2.24, 2.45) is 5.92 Å². The minimum Gasteiger partial charge on any atom is -0.497 e. The van der Waals surface area contributed by atoms with E-state index in [0.717, 1.165) is 35.8 Å². The smallest absolute Gasteiger partial charge is 0.230 e. The van der Waals surface area contributed by atoms with Crippen LogP contribution in [0, 0.1) is 12.8 Å². The third kappa shape index (κ3) is 4.74. The number of pyridine rings is 1. The zero-order valence-corrected chi connectivity index (χ0v) is 19.2. The van der Waals surface area contributed by atoms with Gasteiger partial charge in [-0.2, -0.15) is 0 Å². The summed E-state index contributed by atoms with van der Waals surface area (Å²) in [7, 11) is 1.62. The molecular weight excluding hydrogens is 418 g/mol. The first-order valence-electron chi connectivity index (χ1n) is 11.2. The highest BCUT2D eigenvalue weighted by molar-refractivity contribution is 5.98. The Morgan fingerprint density at radius 3 is 2.58 bits per heavy atom. The minimum atomic E-state index is -0.488. The van der Waals surface area contributed by atoms with Crippen LogP contribution < -0.4 is 10.1 Å². The lowest BCUT2D eigenvalue weighted by molar-refractivity contribution is -0.129. The summed E-state index contributed by atoms with van der Waals surface area (Å²) in [6, 6.07) is 10.9. The number of nitrogens with one attached hydrogen (secondary N) is 1. The molecule has 0 aliphatic carbocycles. The molecule has 0 bridgehead atoms. The summed E-state index contributed by atoms with van der Waals surface area (Å²) in [5.41, 5.74) is 1.52. The number of hydrogen-bond donors (Lipinski definition) is 1. The first-order valence-corrected chi connectivity index (χ1v) is 11.2. The number of amides is 2. The second-order valence-corrected chi connectivity index (χ2v) is 8.21. The van der Waals surface area contributed by atoms with Gasteiger partial charge in [-0.05, 0) is 43.2 Å². The molecule has 0 spiro atoms. The Bertz CT molecular complexity index is 1110. The number of anilines is 1. The number of ether oxygens (including phenoxy) is 1. The molecule has 33 heavy (non-hydrogen) atoms. The van der Waals surface area contributed by atoms with Gasteiger partial charge in [0.1, 0.15) is 17.4 Å². The van der Waals surface area contributed by atoms with E-state index in [1.54, 1.807) is 19.5 Å². The summed E-state index contributed by atoms with van der Waals surface area (Å²) in [6.07, 6.45) is 7.24.